The van der Waals surface area contributed by atoms with Gasteiger partial charge in [-0.2, -0.15) is 17.5 Å². The molecule has 0 saturated carbocycles. The molecule has 2 aliphatic rings. The van der Waals surface area contributed by atoms with Crippen molar-refractivity contribution >= 4 is 15.7 Å². The van der Waals surface area contributed by atoms with Gasteiger partial charge in [0, 0.05) is 44.5 Å². The number of rotatable bonds is 4. The lowest BCUT2D eigenvalue weighted by atomic mass is 9.85. The molecule has 0 aromatic heterocycles. The van der Waals surface area contributed by atoms with E-state index >= 15 is 0 Å². The minimum Gasteiger partial charge on any atom is -0.385 e. The molecule has 2 saturated heterocycles. The van der Waals surface area contributed by atoms with Crippen LogP contribution in [0.4, 0.5) is 23.2 Å². The predicted octanol–water partition coefficient (Wildman–Crippen LogP) is 3.66. The molecule has 0 aliphatic carbocycles. The normalized spacial score (nSPS) is 22.4. The summed E-state index contributed by atoms with van der Waals surface area (Å²) in [6.07, 6.45) is -3.63. The summed E-state index contributed by atoms with van der Waals surface area (Å²) in [4.78, 5) is 3.63. The molecule has 0 bridgehead atoms. The van der Waals surface area contributed by atoms with Gasteiger partial charge in [-0.25, -0.2) is 12.8 Å². The van der Waals surface area contributed by atoms with Crippen molar-refractivity contribution in [2.24, 2.45) is 0 Å². The Balaban J connectivity index is 1.51. The van der Waals surface area contributed by atoms with Gasteiger partial charge in [-0.15, -0.1) is 0 Å². The summed E-state index contributed by atoms with van der Waals surface area (Å²) < 4.78 is 81.8. The van der Waals surface area contributed by atoms with Gasteiger partial charge in [-0.3, -0.25) is 0 Å². The quantitative estimate of drug-likeness (QED) is 0.630. The summed E-state index contributed by atoms with van der Waals surface area (Å²) in [5.41, 5.74) is -1.58. The highest BCUT2D eigenvalue weighted by molar-refractivity contribution is 7.89. The van der Waals surface area contributed by atoms with Gasteiger partial charge < -0.3 is 14.9 Å². The molecule has 35 heavy (non-hydrogen) atoms. The first-order valence-electron chi connectivity index (χ1n) is 11.5. The molecule has 1 atom stereocenters. The molecule has 1 N–H and O–H groups in total. The van der Waals surface area contributed by atoms with Crippen molar-refractivity contribution in [2.45, 2.75) is 42.5 Å². The summed E-state index contributed by atoms with van der Waals surface area (Å²) in [6.45, 7) is 3.15. The Bertz CT molecular complexity index is 1160. The third-order valence-electron chi connectivity index (χ3n) is 6.98. The third-order valence-corrected chi connectivity index (χ3v) is 9.01. The average Bonchev–Trinajstić information content (AvgIpc) is 2.80. The molecular weight excluding hydrogens is 486 g/mol. The Labute approximate surface area is 202 Å². The van der Waals surface area contributed by atoms with Crippen molar-refractivity contribution in [1.29, 1.82) is 0 Å². The number of aliphatic hydroxyl groups is 1. The molecule has 192 valence electrons. The number of piperazine rings is 1. The van der Waals surface area contributed by atoms with Crippen molar-refractivity contribution in [1.82, 2.24) is 9.21 Å². The summed E-state index contributed by atoms with van der Waals surface area (Å²) in [5, 5.41) is 11.0. The Morgan fingerprint density at radius 3 is 2.20 bits per heavy atom. The molecule has 2 aromatic carbocycles. The molecule has 6 nitrogen and oxygen atoms in total. The van der Waals surface area contributed by atoms with Crippen LogP contribution >= 0.6 is 0 Å². The molecular formula is C24H29F4N3O3S. The van der Waals surface area contributed by atoms with Crippen LogP contribution in [0.25, 0.3) is 0 Å². The van der Waals surface area contributed by atoms with Gasteiger partial charge in [0.1, 0.15) is 5.82 Å². The van der Waals surface area contributed by atoms with Crippen LogP contribution in [0.2, 0.25) is 0 Å². The molecule has 0 unspecified atom stereocenters. The van der Waals surface area contributed by atoms with Crippen LogP contribution < -0.4 is 4.90 Å². The van der Waals surface area contributed by atoms with Crippen LogP contribution in [0.3, 0.4) is 0 Å². The third kappa shape index (κ3) is 5.18. The molecule has 0 amide bonds. The fraction of sp³-hybridized carbons (Fsp3) is 0.500. The highest BCUT2D eigenvalue weighted by Gasteiger charge is 2.39. The minimum atomic E-state index is -4.73. The summed E-state index contributed by atoms with van der Waals surface area (Å²) in [6, 6.07) is 8.12. The molecule has 2 fully saturated rings. The van der Waals surface area contributed by atoms with Crippen LogP contribution in [-0.2, 0) is 21.8 Å². The number of likely N-dealkylation sites (tertiary alicyclic amines) is 1. The molecule has 0 spiro atoms. The maximum atomic E-state index is 13.5. The van der Waals surface area contributed by atoms with E-state index in [1.807, 2.05) is 7.05 Å². The number of hydrogen-bond donors (Lipinski definition) is 1. The van der Waals surface area contributed by atoms with Crippen LogP contribution in [-0.4, -0.2) is 68.5 Å². The van der Waals surface area contributed by atoms with Crippen molar-refractivity contribution in [3.8, 4) is 0 Å². The Morgan fingerprint density at radius 1 is 1.00 bits per heavy atom. The largest absolute Gasteiger partial charge is 0.418 e. The molecule has 2 heterocycles. The van der Waals surface area contributed by atoms with E-state index in [-0.39, 0.29) is 30.2 Å². The second-order valence-electron chi connectivity index (χ2n) is 9.43. The number of sulfonamides is 1. The van der Waals surface area contributed by atoms with Gasteiger partial charge in [0.15, 0.2) is 0 Å². The van der Waals surface area contributed by atoms with Gasteiger partial charge in [0.25, 0.3) is 0 Å². The van der Waals surface area contributed by atoms with E-state index in [1.165, 1.54) is 21.3 Å². The predicted molar refractivity (Wildman–Crippen MR) is 124 cm³/mol. The highest BCUT2D eigenvalue weighted by Crippen LogP contribution is 2.38. The van der Waals surface area contributed by atoms with Crippen LogP contribution in [0.1, 0.15) is 30.9 Å². The fourth-order valence-electron chi connectivity index (χ4n) is 4.88. The van der Waals surface area contributed by atoms with Crippen molar-refractivity contribution in [3.63, 3.8) is 0 Å². The Kier molecular flexibility index (Phi) is 6.91. The smallest absolute Gasteiger partial charge is 0.385 e. The summed E-state index contributed by atoms with van der Waals surface area (Å²) in [7, 11) is -1.92. The van der Waals surface area contributed by atoms with Crippen LogP contribution in [0.15, 0.2) is 47.4 Å². The van der Waals surface area contributed by atoms with E-state index in [0.29, 0.717) is 24.5 Å². The van der Waals surface area contributed by atoms with Gasteiger partial charge in [0.2, 0.25) is 10.0 Å². The summed E-state index contributed by atoms with van der Waals surface area (Å²) >= 11 is 0. The lowest BCUT2D eigenvalue weighted by Crippen LogP contribution is -2.54. The minimum absolute atomic E-state index is 0.0177. The average molecular weight is 516 g/mol. The molecule has 0 radical (unpaired) electrons. The Morgan fingerprint density at radius 2 is 1.63 bits per heavy atom. The molecule has 4 rings (SSSR count). The topological polar surface area (TPSA) is 64.1 Å². The molecule has 2 aliphatic heterocycles. The zero-order chi connectivity index (χ0) is 25.6. The number of halogens is 4. The van der Waals surface area contributed by atoms with Gasteiger partial charge >= 0.3 is 6.18 Å². The first-order chi connectivity index (χ1) is 16.3. The second kappa shape index (κ2) is 9.34. The number of benzene rings is 2. The van der Waals surface area contributed by atoms with Gasteiger partial charge in [0.05, 0.1) is 16.1 Å². The number of anilines is 1. The SMILES string of the molecule is C[C@@H]1CN(c2ccc(F)cc2C(F)(F)F)CCN1S(=O)(=O)c1ccc(C2(O)CCN(C)CC2)cc1. The zero-order valence-electron chi connectivity index (χ0n) is 19.6. The zero-order valence-corrected chi connectivity index (χ0v) is 20.4. The lowest BCUT2D eigenvalue weighted by molar-refractivity contribution is -0.137. The van der Waals surface area contributed by atoms with Gasteiger partial charge in [-0.05, 0) is 62.7 Å². The highest BCUT2D eigenvalue weighted by atomic mass is 32.2. The van der Waals surface area contributed by atoms with E-state index in [0.717, 1.165) is 25.2 Å². The van der Waals surface area contributed by atoms with E-state index in [1.54, 1.807) is 19.1 Å². The van der Waals surface area contributed by atoms with E-state index in [9.17, 15) is 31.1 Å². The van der Waals surface area contributed by atoms with Crippen LogP contribution in [0.5, 0.6) is 0 Å². The van der Waals surface area contributed by atoms with Gasteiger partial charge in [-0.1, -0.05) is 12.1 Å². The maximum Gasteiger partial charge on any atom is 0.418 e. The monoisotopic (exact) mass is 515 g/mol. The van der Waals surface area contributed by atoms with E-state index < -0.39 is 39.2 Å². The maximum absolute atomic E-state index is 13.5. The molecule has 11 heteroatoms. The first-order valence-corrected chi connectivity index (χ1v) is 12.9. The first kappa shape index (κ1) is 25.9. The van der Waals surface area contributed by atoms with E-state index in [2.05, 4.69) is 4.90 Å². The lowest BCUT2D eigenvalue weighted by Gasteiger charge is -2.41. The number of nitrogens with zero attached hydrogens (tertiary/aromatic N) is 3. The van der Waals surface area contributed by atoms with Crippen LogP contribution in [0, 0.1) is 5.82 Å². The fourth-order valence-corrected chi connectivity index (χ4v) is 6.49. The second-order valence-corrected chi connectivity index (χ2v) is 11.3. The number of piperidine rings is 1. The van der Waals surface area contributed by atoms with E-state index in [4.69, 9.17) is 0 Å². The number of alkyl halides is 3. The van der Waals surface area contributed by atoms with Crippen molar-refractivity contribution in [2.75, 3.05) is 44.7 Å². The standard InChI is InChI=1S/C24H29F4N3O3S/c1-17-16-30(22-8-5-19(25)15-21(22)24(26,27)28)13-14-31(17)35(33,34)20-6-3-18(4-7-20)23(32)9-11-29(2)12-10-23/h3-8,15,17,32H,9-14,16H2,1-2H3/t17-/m1/s1. The number of hydrogen-bond acceptors (Lipinski definition) is 5. The Hall–Kier alpha value is -2.21. The summed E-state index contributed by atoms with van der Waals surface area (Å²) in [5.74, 6) is -0.983. The molecule has 2 aromatic rings. The van der Waals surface area contributed by atoms with Crippen molar-refractivity contribution < 1.29 is 31.1 Å². The van der Waals surface area contributed by atoms with Crippen molar-refractivity contribution in [3.05, 3.63) is 59.4 Å².